The topological polar surface area (TPSA) is 124 Å². The van der Waals surface area contributed by atoms with Crippen molar-refractivity contribution >= 4 is 5.82 Å². The van der Waals surface area contributed by atoms with Gasteiger partial charge in [-0.15, -0.1) is 0 Å². The van der Waals surface area contributed by atoms with Crippen molar-refractivity contribution in [3.05, 3.63) is 61.6 Å². The number of nitrogens with two attached hydrogens (primary N) is 1. The van der Waals surface area contributed by atoms with Gasteiger partial charge in [0.25, 0.3) is 5.56 Å². The Balaban J connectivity index is 2.34. The van der Waals surface area contributed by atoms with E-state index in [1.54, 1.807) is 18.2 Å². The molecule has 0 saturated heterocycles. The number of aromatic nitrogens is 2. The molecule has 0 spiro atoms. The minimum atomic E-state index is -0.753. The standard InChI is InChI=1S/C19H21N5O4/c1-5-28-12-7-6-10(8-13(12)27-4)14-11(9-20)16(21)22-17-15(14)18(25)24(3)19(26)23(17)2/h6-8,14,22H,5,21H2,1-4H3/t14-/m0/s1. The van der Waals surface area contributed by atoms with E-state index in [0.29, 0.717) is 23.7 Å². The zero-order chi connectivity index (χ0) is 20.6. The second-order valence-electron chi connectivity index (χ2n) is 6.31. The Morgan fingerprint density at radius 1 is 1.25 bits per heavy atom. The SMILES string of the molecule is CCOc1ccc([C@H]2C(C#N)=C(N)Nc3c2c(=O)n(C)c(=O)n3C)cc1OC. The summed E-state index contributed by atoms with van der Waals surface area (Å²) in [6.07, 6.45) is 0. The Kier molecular flexibility index (Phi) is 4.88. The summed E-state index contributed by atoms with van der Waals surface area (Å²) in [5.41, 5.74) is 6.14. The molecule has 0 aliphatic carbocycles. The summed E-state index contributed by atoms with van der Waals surface area (Å²) < 4.78 is 13.3. The molecule has 1 aliphatic rings. The van der Waals surface area contributed by atoms with E-state index < -0.39 is 17.2 Å². The smallest absolute Gasteiger partial charge is 0.332 e. The van der Waals surface area contributed by atoms with Crippen LogP contribution in [0.3, 0.4) is 0 Å². The van der Waals surface area contributed by atoms with Crippen LogP contribution in [-0.4, -0.2) is 22.9 Å². The van der Waals surface area contributed by atoms with E-state index in [1.807, 2.05) is 6.92 Å². The van der Waals surface area contributed by atoms with Crippen molar-refractivity contribution < 1.29 is 9.47 Å². The van der Waals surface area contributed by atoms with Crippen LogP contribution in [0.4, 0.5) is 5.82 Å². The highest BCUT2D eigenvalue weighted by Gasteiger charge is 2.34. The van der Waals surface area contributed by atoms with Gasteiger partial charge in [-0.05, 0) is 24.6 Å². The van der Waals surface area contributed by atoms with Crippen LogP contribution in [-0.2, 0) is 14.1 Å². The Morgan fingerprint density at radius 2 is 1.96 bits per heavy atom. The molecule has 1 atom stereocenters. The lowest BCUT2D eigenvalue weighted by molar-refractivity contribution is 0.310. The fraction of sp³-hybridized carbons (Fsp3) is 0.316. The van der Waals surface area contributed by atoms with Crippen molar-refractivity contribution in [3.63, 3.8) is 0 Å². The Hall–Kier alpha value is -3.67. The van der Waals surface area contributed by atoms with E-state index in [0.717, 1.165) is 4.57 Å². The van der Waals surface area contributed by atoms with E-state index in [2.05, 4.69) is 11.4 Å². The van der Waals surface area contributed by atoms with Gasteiger partial charge in [-0.25, -0.2) is 4.79 Å². The van der Waals surface area contributed by atoms with Gasteiger partial charge in [0, 0.05) is 14.1 Å². The van der Waals surface area contributed by atoms with Crippen molar-refractivity contribution in [1.29, 1.82) is 5.26 Å². The first kappa shape index (κ1) is 19.1. The molecule has 3 rings (SSSR count). The summed E-state index contributed by atoms with van der Waals surface area (Å²) in [5.74, 6) is 0.624. The molecule has 28 heavy (non-hydrogen) atoms. The molecule has 1 aliphatic heterocycles. The number of fused-ring (bicyclic) bond motifs is 1. The second kappa shape index (κ2) is 7.15. The molecule has 3 N–H and O–H groups in total. The van der Waals surface area contributed by atoms with E-state index in [9.17, 15) is 14.9 Å². The number of hydrogen-bond donors (Lipinski definition) is 2. The van der Waals surface area contributed by atoms with Crippen LogP contribution in [0.2, 0.25) is 0 Å². The highest BCUT2D eigenvalue weighted by Crippen LogP contribution is 2.40. The second-order valence-corrected chi connectivity index (χ2v) is 6.31. The predicted octanol–water partition coefficient (Wildman–Crippen LogP) is 0.743. The number of rotatable bonds is 4. The monoisotopic (exact) mass is 383 g/mol. The Labute approximate surface area is 161 Å². The van der Waals surface area contributed by atoms with Crippen LogP contribution < -0.4 is 31.8 Å². The summed E-state index contributed by atoms with van der Waals surface area (Å²) in [5, 5.41) is 12.5. The summed E-state index contributed by atoms with van der Waals surface area (Å²) >= 11 is 0. The number of hydrogen-bond acceptors (Lipinski definition) is 7. The molecular formula is C19H21N5O4. The quantitative estimate of drug-likeness (QED) is 0.798. The molecular weight excluding hydrogens is 362 g/mol. The largest absolute Gasteiger partial charge is 0.493 e. The van der Waals surface area contributed by atoms with Crippen molar-refractivity contribution in [2.24, 2.45) is 19.8 Å². The first-order valence-electron chi connectivity index (χ1n) is 8.63. The maximum absolute atomic E-state index is 12.9. The Bertz CT molecular complexity index is 1140. The summed E-state index contributed by atoms with van der Waals surface area (Å²) in [6, 6.07) is 7.27. The number of allylic oxidation sites excluding steroid dienone is 1. The number of benzene rings is 1. The van der Waals surface area contributed by atoms with E-state index in [4.69, 9.17) is 15.2 Å². The molecule has 0 saturated carbocycles. The molecule has 0 bridgehead atoms. The normalized spacial score (nSPS) is 15.5. The van der Waals surface area contributed by atoms with Gasteiger partial charge < -0.3 is 20.5 Å². The molecule has 1 aromatic carbocycles. The van der Waals surface area contributed by atoms with Gasteiger partial charge in [-0.2, -0.15) is 5.26 Å². The highest BCUT2D eigenvalue weighted by molar-refractivity contribution is 5.65. The molecule has 9 nitrogen and oxygen atoms in total. The lowest BCUT2D eigenvalue weighted by Crippen LogP contribution is -2.43. The van der Waals surface area contributed by atoms with Crippen molar-refractivity contribution in [2.75, 3.05) is 19.0 Å². The van der Waals surface area contributed by atoms with Crippen LogP contribution in [0.25, 0.3) is 0 Å². The van der Waals surface area contributed by atoms with E-state index in [-0.39, 0.29) is 22.8 Å². The zero-order valence-electron chi connectivity index (χ0n) is 16.1. The van der Waals surface area contributed by atoms with E-state index >= 15 is 0 Å². The van der Waals surface area contributed by atoms with Gasteiger partial charge in [0.2, 0.25) is 0 Å². The number of anilines is 1. The first-order valence-corrected chi connectivity index (χ1v) is 8.63. The van der Waals surface area contributed by atoms with E-state index in [1.165, 1.54) is 25.8 Å². The molecule has 1 aromatic heterocycles. The fourth-order valence-corrected chi connectivity index (χ4v) is 3.37. The van der Waals surface area contributed by atoms with Crippen LogP contribution in [0.5, 0.6) is 11.5 Å². The minimum absolute atomic E-state index is 0.0936. The lowest BCUT2D eigenvalue weighted by Gasteiger charge is -2.28. The average molecular weight is 383 g/mol. The minimum Gasteiger partial charge on any atom is -0.493 e. The van der Waals surface area contributed by atoms with Gasteiger partial charge in [0.15, 0.2) is 11.5 Å². The number of nitrogens with one attached hydrogen (secondary N) is 1. The van der Waals surface area contributed by atoms with Gasteiger partial charge in [0.1, 0.15) is 11.6 Å². The molecule has 2 heterocycles. The lowest BCUT2D eigenvalue weighted by atomic mass is 9.83. The first-order chi connectivity index (χ1) is 13.3. The summed E-state index contributed by atoms with van der Waals surface area (Å²) in [6.45, 7) is 2.32. The molecule has 0 unspecified atom stereocenters. The summed E-state index contributed by atoms with van der Waals surface area (Å²) in [4.78, 5) is 25.2. The maximum atomic E-state index is 12.9. The molecule has 146 valence electrons. The van der Waals surface area contributed by atoms with Crippen molar-refractivity contribution in [2.45, 2.75) is 12.8 Å². The number of methoxy groups -OCH3 is 1. The third-order valence-electron chi connectivity index (χ3n) is 4.76. The molecule has 0 amide bonds. The molecule has 2 aromatic rings. The average Bonchev–Trinajstić information content (AvgIpc) is 2.70. The maximum Gasteiger partial charge on any atom is 0.332 e. The van der Waals surface area contributed by atoms with Crippen LogP contribution in [0, 0.1) is 11.3 Å². The number of ether oxygens (including phenoxy) is 2. The third-order valence-corrected chi connectivity index (χ3v) is 4.76. The molecule has 0 fully saturated rings. The Morgan fingerprint density at radius 3 is 2.57 bits per heavy atom. The zero-order valence-corrected chi connectivity index (χ0v) is 16.1. The highest BCUT2D eigenvalue weighted by atomic mass is 16.5. The van der Waals surface area contributed by atoms with Gasteiger partial charge in [-0.1, -0.05) is 6.07 Å². The van der Waals surface area contributed by atoms with Crippen molar-refractivity contribution in [3.8, 4) is 17.6 Å². The van der Waals surface area contributed by atoms with Gasteiger partial charge >= 0.3 is 5.69 Å². The van der Waals surface area contributed by atoms with Gasteiger partial charge in [0.05, 0.1) is 36.8 Å². The van der Waals surface area contributed by atoms with Gasteiger partial charge in [-0.3, -0.25) is 13.9 Å². The van der Waals surface area contributed by atoms with Crippen LogP contribution in [0.1, 0.15) is 24.0 Å². The van der Waals surface area contributed by atoms with Crippen molar-refractivity contribution in [1.82, 2.24) is 9.13 Å². The number of nitriles is 1. The molecule has 9 heteroatoms. The molecule has 0 radical (unpaired) electrons. The fourth-order valence-electron chi connectivity index (χ4n) is 3.37. The number of nitrogens with zero attached hydrogens (tertiary/aromatic N) is 3. The van der Waals surface area contributed by atoms with Crippen LogP contribution >= 0.6 is 0 Å². The predicted molar refractivity (Wildman–Crippen MR) is 103 cm³/mol. The third kappa shape index (κ3) is 2.79. The van der Waals surface area contributed by atoms with Crippen LogP contribution in [0.15, 0.2) is 39.2 Å². The summed E-state index contributed by atoms with van der Waals surface area (Å²) in [7, 11) is 4.44.